The van der Waals surface area contributed by atoms with E-state index in [-0.39, 0.29) is 11.9 Å². The fourth-order valence-corrected chi connectivity index (χ4v) is 1.76. The van der Waals surface area contributed by atoms with Crippen molar-refractivity contribution in [3.63, 3.8) is 0 Å². The van der Waals surface area contributed by atoms with Crippen LogP contribution in [0.15, 0.2) is 23.0 Å². The van der Waals surface area contributed by atoms with E-state index in [0.29, 0.717) is 11.9 Å². The van der Waals surface area contributed by atoms with Gasteiger partial charge < -0.3 is 10.3 Å². The van der Waals surface area contributed by atoms with Gasteiger partial charge in [-0.1, -0.05) is 0 Å². The number of benzene rings is 1. The number of hydrogen-bond donors (Lipinski definition) is 2. The van der Waals surface area contributed by atoms with Gasteiger partial charge in [-0.2, -0.15) is 4.98 Å². The largest absolute Gasteiger partial charge is 0.345 e. The molecule has 4 nitrogen and oxygen atoms in total. The SMILES string of the molecule is CNC(C)Cc1[nH]c(=O)nc2cc(F)ccc12. The lowest BCUT2D eigenvalue weighted by Crippen LogP contribution is -2.26. The summed E-state index contributed by atoms with van der Waals surface area (Å²) >= 11 is 0. The molecule has 0 aliphatic heterocycles. The molecule has 0 bridgehead atoms. The van der Waals surface area contributed by atoms with Crippen LogP contribution in [-0.4, -0.2) is 23.1 Å². The molecule has 2 N–H and O–H groups in total. The summed E-state index contributed by atoms with van der Waals surface area (Å²) < 4.78 is 13.1. The number of likely N-dealkylation sites (N-methyl/N-ethyl adjacent to an activating group) is 1. The summed E-state index contributed by atoms with van der Waals surface area (Å²) in [6, 6.07) is 4.51. The van der Waals surface area contributed by atoms with Crippen molar-refractivity contribution in [2.75, 3.05) is 7.05 Å². The minimum atomic E-state index is -0.443. The summed E-state index contributed by atoms with van der Waals surface area (Å²) in [5.41, 5.74) is 0.732. The summed E-state index contributed by atoms with van der Waals surface area (Å²) in [5.74, 6) is -0.386. The number of halogens is 1. The molecule has 0 radical (unpaired) electrons. The van der Waals surface area contributed by atoms with E-state index in [2.05, 4.69) is 15.3 Å². The van der Waals surface area contributed by atoms with Crippen molar-refractivity contribution in [3.8, 4) is 0 Å². The molecule has 0 saturated heterocycles. The van der Waals surface area contributed by atoms with Crippen LogP contribution in [0.25, 0.3) is 10.9 Å². The van der Waals surface area contributed by atoms with Crippen molar-refractivity contribution in [2.45, 2.75) is 19.4 Å². The standard InChI is InChI=1S/C12H14FN3O/c1-7(14-2)5-10-9-4-3-8(13)6-11(9)16-12(17)15-10/h3-4,6-7,14H,5H2,1-2H3,(H,15,16,17). The predicted octanol–water partition coefficient (Wildman–Crippen LogP) is 1.21. The third-order valence-electron chi connectivity index (χ3n) is 2.77. The molecule has 1 unspecified atom stereocenters. The van der Waals surface area contributed by atoms with Crippen LogP contribution < -0.4 is 11.0 Å². The summed E-state index contributed by atoms with van der Waals surface area (Å²) in [5, 5.41) is 3.88. The van der Waals surface area contributed by atoms with Gasteiger partial charge in [-0.05, 0) is 26.1 Å². The van der Waals surface area contributed by atoms with Crippen molar-refractivity contribution in [1.82, 2.24) is 15.3 Å². The first-order valence-electron chi connectivity index (χ1n) is 5.46. The van der Waals surface area contributed by atoms with E-state index in [0.717, 1.165) is 11.1 Å². The molecule has 5 heteroatoms. The number of aromatic nitrogens is 2. The third-order valence-corrected chi connectivity index (χ3v) is 2.77. The van der Waals surface area contributed by atoms with Crippen molar-refractivity contribution in [3.05, 3.63) is 40.2 Å². The van der Waals surface area contributed by atoms with E-state index >= 15 is 0 Å². The van der Waals surface area contributed by atoms with Gasteiger partial charge in [0, 0.05) is 29.6 Å². The first-order valence-corrected chi connectivity index (χ1v) is 5.46. The zero-order chi connectivity index (χ0) is 12.4. The van der Waals surface area contributed by atoms with Crippen molar-refractivity contribution < 1.29 is 4.39 Å². The van der Waals surface area contributed by atoms with Crippen molar-refractivity contribution in [1.29, 1.82) is 0 Å². The molecule has 2 aromatic rings. The van der Waals surface area contributed by atoms with Crippen LogP contribution in [0.2, 0.25) is 0 Å². The van der Waals surface area contributed by atoms with Gasteiger partial charge in [-0.3, -0.25) is 0 Å². The minimum Gasteiger partial charge on any atom is -0.317 e. The maximum atomic E-state index is 13.1. The van der Waals surface area contributed by atoms with Crippen molar-refractivity contribution in [2.24, 2.45) is 0 Å². The van der Waals surface area contributed by atoms with Gasteiger partial charge in [-0.15, -0.1) is 0 Å². The molecule has 1 atom stereocenters. The van der Waals surface area contributed by atoms with E-state index in [9.17, 15) is 9.18 Å². The highest BCUT2D eigenvalue weighted by atomic mass is 19.1. The van der Waals surface area contributed by atoms with Crippen LogP contribution in [0.1, 0.15) is 12.6 Å². The molecule has 0 saturated carbocycles. The van der Waals surface area contributed by atoms with Gasteiger partial charge in [0.05, 0.1) is 5.52 Å². The zero-order valence-corrected chi connectivity index (χ0v) is 9.75. The second-order valence-electron chi connectivity index (χ2n) is 4.08. The Morgan fingerprint density at radius 1 is 1.53 bits per heavy atom. The summed E-state index contributed by atoms with van der Waals surface area (Å²) in [7, 11) is 1.85. The molecule has 1 aromatic heterocycles. The Balaban J connectivity index is 2.57. The maximum Gasteiger partial charge on any atom is 0.345 e. The van der Waals surface area contributed by atoms with Gasteiger partial charge in [-0.25, -0.2) is 9.18 Å². The predicted molar refractivity (Wildman–Crippen MR) is 64.5 cm³/mol. The Morgan fingerprint density at radius 3 is 3.00 bits per heavy atom. The molecule has 0 fully saturated rings. The van der Waals surface area contributed by atoms with Crippen LogP contribution in [0.4, 0.5) is 4.39 Å². The van der Waals surface area contributed by atoms with Gasteiger partial charge in [0.1, 0.15) is 5.82 Å². The number of H-pyrrole nitrogens is 1. The fourth-order valence-electron chi connectivity index (χ4n) is 1.76. The van der Waals surface area contributed by atoms with E-state index in [1.165, 1.54) is 12.1 Å². The molecule has 0 amide bonds. The lowest BCUT2D eigenvalue weighted by molar-refractivity contribution is 0.601. The average Bonchev–Trinajstić information content (AvgIpc) is 2.27. The minimum absolute atomic E-state index is 0.223. The molecule has 1 aromatic carbocycles. The third kappa shape index (κ3) is 2.50. The molecular weight excluding hydrogens is 221 g/mol. The molecule has 0 spiro atoms. The Labute approximate surface area is 97.9 Å². The highest BCUT2D eigenvalue weighted by molar-refractivity contribution is 5.80. The van der Waals surface area contributed by atoms with Gasteiger partial charge >= 0.3 is 5.69 Å². The van der Waals surface area contributed by atoms with E-state index in [1.807, 2.05) is 14.0 Å². The topological polar surface area (TPSA) is 57.8 Å². The Morgan fingerprint density at radius 2 is 2.29 bits per heavy atom. The first kappa shape index (κ1) is 11.7. The van der Waals surface area contributed by atoms with E-state index in [4.69, 9.17) is 0 Å². The maximum absolute atomic E-state index is 13.1. The molecule has 0 aliphatic rings. The average molecular weight is 235 g/mol. The van der Waals surface area contributed by atoms with Gasteiger partial charge in [0.25, 0.3) is 0 Å². The lowest BCUT2D eigenvalue weighted by atomic mass is 10.1. The highest BCUT2D eigenvalue weighted by Gasteiger charge is 2.08. The molecule has 1 heterocycles. The number of nitrogens with zero attached hydrogens (tertiary/aromatic N) is 1. The summed E-state index contributed by atoms with van der Waals surface area (Å²) in [4.78, 5) is 17.8. The number of nitrogens with one attached hydrogen (secondary N) is 2. The number of rotatable bonds is 3. The van der Waals surface area contributed by atoms with Crippen LogP contribution in [0.5, 0.6) is 0 Å². The molecule has 2 rings (SSSR count). The molecular formula is C12H14FN3O. The smallest absolute Gasteiger partial charge is 0.317 e. The quantitative estimate of drug-likeness (QED) is 0.840. The van der Waals surface area contributed by atoms with Crippen LogP contribution in [0.3, 0.4) is 0 Å². The van der Waals surface area contributed by atoms with Crippen LogP contribution in [0, 0.1) is 5.82 Å². The second-order valence-corrected chi connectivity index (χ2v) is 4.08. The Hall–Kier alpha value is -1.75. The Bertz CT molecular complexity index is 594. The van der Waals surface area contributed by atoms with Crippen LogP contribution in [-0.2, 0) is 6.42 Å². The molecule has 17 heavy (non-hydrogen) atoms. The number of hydrogen-bond acceptors (Lipinski definition) is 3. The monoisotopic (exact) mass is 235 g/mol. The van der Waals surface area contributed by atoms with Gasteiger partial charge in [0.15, 0.2) is 0 Å². The number of aromatic amines is 1. The zero-order valence-electron chi connectivity index (χ0n) is 9.75. The van der Waals surface area contributed by atoms with E-state index in [1.54, 1.807) is 6.07 Å². The lowest BCUT2D eigenvalue weighted by Gasteiger charge is -2.11. The van der Waals surface area contributed by atoms with Gasteiger partial charge in [0.2, 0.25) is 0 Å². The molecule has 90 valence electrons. The first-order chi connectivity index (χ1) is 8.10. The molecule has 0 aliphatic carbocycles. The highest BCUT2D eigenvalue weighted by Crippen LogP contribution is 2.15. The normalized spacial score (nSPS) is 12.9. The van der Waals surface area contributed by atoms with E-state index < -0.39 is 5.69 Å². The number of fused-ring (bicyclic) bond motifs is 1. The fraction of sp³-hybridized carbons (Fsp3) is 0.333. The second kappa shape index (κ2) is 4.63. The summed E-state index contributed by atoms with van der Waals surface area (Å²) in [6.45, 7) is 2.01. The van der Waals surface area contributed by atoms with Crippen LogP contribution >= 0.6 is 0 Å². The van der Waals surface area contributed by atoms with Crippen molar-refractivity contribution >= 4 is 10.9 Å². The summed E-state index contributed by atoms with van der Waals surface area (Å²) in [6.07, 6.45) is 0.663. The Kier molecular flexibility index (Phi) is 3.19.